The SMILES string of the molecule is O[C@H]1c2cncn2CC[C@@H]1[C@@H]1c2ccccc2-c2cncn21. The van der Waals surface area contributed by atoms with E-state index in [-0.39, 0.29) is 12.0 Å². The van der Waals surface area contributed by atoms with E-state index in [0.29, 0.717) is 0 Å². The maximum Gasteiger partial charge on any atom is 0.101 e. The molecule has 0 aliphatic carbocycles. The topological polar surface area (TPSA) is 55.9 Å². The van der Waals surface area contributed by atoms with Crippen LogP contribution in [0.5, 0.6) is 0 Å². The summed E-state index contributed by atoms with van der Waals surface area (Å²) in [5.74, 6) is 0.140. The van der Waals surface area contributed by atoms with Crippen molar-refractivity contribution in [3.05, 3.63) is 60.6 Å². The summed E-state index contributed by atoms with van der Waals surface area (Å²) in [6.07, 6.45) is 7.83. The number of aromatic nitrogens is 4. The van der Waals surface area contributed by atoms with Crippen LogP contribution in [0.4, 0.5) is 0 Å². The Morgan fingerprint density at radius 2 is 1.95 bits per heavy atom. The number of benzene rings is 1. The summed E-state index contributed by atoms with van der Waals surface area (Å²) in [6.45, 7) is 0.903. The van der Waals surface area contributed by atoms with Crippen LogP contribution in [0, 0.1) is 5.92 Å². The Hall–Kier alpha value is -2.40. The molecule has 0 amide bonds. The van der Waals surface area contributed by atoms with Gasteiger partial charge in [0.15, 0.2) is 0 Å². The minimum Gasteiger partial charge on any atom is -0.386 e. The molecule has 110 valence electrons. The van der Waals surface area contributed by atoms with Crippen molar-refractivity contribution in [1.82, 2.24) is 19.1 Å². The summed E-state index contributed by atoms with van der Waals surface area (Å²) in [7, 11) is 0. The Balaban J connectivity index is 1.65. The van der Waals surface area contributed by atoms with E-state index in [0.717, 1.165) is 24.4 Å². The van der Waals surface area contributed by atoms with E-state index < -0.39 is 6.10 Å². The molecule has 22 heavy (non-hydrogen) atoms. The van der Waals surface area contributed by atoms with Gasteiger partial charge in [-0.05, 0) is 12.0 Å². The van der Waals surface area contributed by atoms with Crippen LogP contribution in [-0.4, -0.2) is 24.2 Å². The van der Waals surface area contributed by atoms with Crippen LogP contribution >= 0.6 is 0 Å². The molecule has 0 unspecified atom stereocenters. The van der Waals surface area contributed by atoms with Crippen LogP contribution < -0.4 is 0 Å². The standard InChI is InChI=1S/C17H16N4O/c22-17-13(5-6-20-9-18-8-15(17)20)16-12-4-2-1-3-11(12)14-7-19-10-21(14)16/h1-4,7-10,13,16-17,22H,5-6H2/t13-,16+,17-/m1/s1. The summed E-state index contributed by atoms with van der Waals surface area (Å²) in [4.78, 5) is 8.49. The second-order valence-electron chi connectivity index (χ2n) is 6.13. The third-order valence-electron chi connectivity index (χ3n) is 5.08. The fraction of sp³-hybridized carbons (Fsp3) is 0.294. The highest BCUT2D eigenvalue weighted by Crippen LogP contribution is 2.48. The molecule has 0 saturated carbocycles. The predicted octanol–water partition coefficient (Wildman–Crippen LogP) is 2.40. The van der Waals surface area contributed by atoms with Gasteiger partial charge in [0.1, 0.15) is 6.10 Å². The summed E-state index contributed by atoms with van der Waals surface area (Å²) in [5, 5.41) is 10.9. The molecule has 0 radical (unpaired) electrons. The van der Waals surface area contributed by atoms with Gasteiger partial charge in [0, 0.05) is 18.0 Å². The molecule has 5 nitrogen and oxygen atoms in total. The van der Waals surface area contributed by atoms with Gasteiger partial charge in [-0.25, -0.2) is 9.97 Å². The fourth-order valence-electron chi connectivity index (χ4n) is 4.07. The van der Waals surface area contributed by atoms with Crippen LogP contribution in [0.3, 0.4) is 0 Å². The molecule has 1 N–H and O–H groups in total. The molecule has 3 atom stereocenters. The quantitative estimate of drug-likeness (QED) is 0.749. The van der Waals surface area contributed by atoms with Gasteiger partial charge in [0.25, 0.3) is 0 Å². The highest BCUT2D eigenvalue weighted by molar-refractivity contribution is 5.69. The second-order valence-corrected chi connectivity index (χ2v) is 6.13. The first-order chi connectivity index (χ1) is 10.8. The number of aliphatic hydroxyl groups is 1. The molecule has 2 aliphatic rings. The zero-order valence-corrected chi connectivity index (χ0v) is 12.0. The molecule has 2 aromatic heterocycles. The number of nitrogens with zero attached hydrogens (tertiary/aromatic N) is 4. The van der Waals surface area contributed by atoms with Gasteiger partial charge in [0.05, 0.1) is 42.5 Å². The highest BCUT2D eigenvalue weighted by Gasteiger charge is 2.40. The molecule has 0 fully saturated rings. The molecule has 2 aliphatic heterocycles. The zero-order chi connectivity index (χ0) is 14.7. The highest BCUT2D eigenvalue weighted by atomic mass is 16.3. The van der Waals surface area contributed by atoms with Crippen molar-refractivity contribution in [2.45, 2.75) is 25.1 Å². The average Bonchev–Trinajstić information content (AvgIpc) is 3.23. The first kappa shape index (κ1) is 12.2. The van der Waals surface area contributed by atoms with Gasteiger partial charge in [0.2, 0.25) is 0 Å². The normalized spacial score (nSPS) is 25.6. The number of hydrogen-bond acceptors (Lipinski definition) is 3. The van der Waals surface area contributed by atoms with Crippen LogP contribution in [0.15, 0.2) is 49.3 Å². The van der Waals surface area contributed by atoms with Crippen molar-refractivity contribution in [3.63, 3.8) is 0 Å². The summed E-state index contributed by atoms with van der Waals surface area (Å²) < 4.78 is 4.27. The van der Waals surface area contributed by atoms with Gasteiger partial charge in [-0.3, -0.25) is 0 Å². The largest absolute Gasteiger partial charge is 0.386 e. The van der Waals surface area contributed by atoms with E-state index in [1.807, 2.05) is 12.5 Å². The molecular weight excluding hydrogens is 276 g/mol. The molecule has 1 aromatic carbocycles. The number of aryl methyl sites for hydroxylation is 1. The second kappa shape index (κ2) is 4.30. The Morgan fingerprint density at radius 3 is 2.91 bits per heavy atom. The van der Waals surface area contributed by atoms with Crippen molar-refractivity contribution in [2.75, 3.05) is 0 Å². The lowest BCUT2D eigenvalue weighted by Gasteiger charge is -2.34. The summed E-state index contributed by atoms with van der Waals surface area (Å²) >= 11 is 0. The third kappa shape index (κ3) is 1.46. The zero-order valence-electron chi connectivity index (χ0n) is 12.0. The Kier molecular flexibility index (Phi) is 2.38. The number of rotatable bonds is 1. The maximum absolute atomic E-state index is 10.9. The van der Waals surface area contributed by atoms with E-state index in [4.69, 9.17) is 0 Å². The summed E-state index contributed by atoms with van der Waals surface area (Å²) in [5.41, 5.74) is 4.59. The van der Waals surface area contributed by atoms with Gasteiger partial charge in [-0.1, -0.05) is 24.3 Å². The average molecular weight is 292 g/mol. The summed E-state index contributed by atoms with van der Waals surface area (Å²) in [6, 6.07) is 8.59. The number of aliphatic hydroxyl groups excluding tert-OH is 1. The van der Waals surface area contributed by atoms with Crippen molar-refractivity contribution >= 4 is 0 Å². The van der Waals surface area contributed by atoms with E-state index in [9.17, 15) is 5.11 Å². The van der Waals surface area contributed by atoms with E-state index in [1.54, 1.807) is 12.5 Å². The minimum absolute atomic E-state index is 0.140. The molecule has 5 heteroatoms. The first-order valence-electron chi connectivity index (χ1n) is 7.64. The number of hydrogen-bond donors (Lipinski definition) is 1. The lowest BCUT2D eigenvalue weighted by Crippen LogP contribution is -2.30. The molecule has 4 heterocycles. The molecule has 0 saturated heterocycles. The fourth-order valence-corrected chi connectivity index (χ4v) is 4.07. The Bertz CT molecular complexity index is 850. The molecule has 0 spiro atoms. The number of fused-ring (bicyclic) bond motifs is 4. The van der Waals surface area contributed by atoms with Gasteiger partial charge < -0.3 is 14.2 Å². The molecule has 0 bridgehead atoms. The van der Waals surface area contributed by atoms with Gasteiger partial charge in [-0.2, -0.15) is 0 Å². The van der Waals surface area contributed by atoms with Crippen LogP contribution in [-0.2, 0) is 6.54 Å². The Labute approximate surface area is 127 Å². The van der Waals surface area contributed by atoms with Gasteiger partial charge >= 0.3 is 0 Å². The minimum atomic E-state index is -0.498. The van der Waals surface area contributed by atoms with E-state index >= 15 is 0 Å². The molecule has 3 aromatic rings. The molecule has 5 rings (SSSR count). The van der Waals surface area contributed by atoms with E-state index in [2.05, 4.69) is 43.4 Å². The first-order valence-corrected chi connectivity index (χ1v) is 7.64. The smallest absolute Gasteiger partial charge is 0.101 e. The lowest BCUT2D eigenvalue weighted by atomic mass is 9.83. The van der Waals surface area contributed by atoms with Crippen molar-refractivity contribution in [1.29, 1.82) is 0 Å². The van der Waals surface area contributed by atoms with Crippen molar-refractivity contribution < 1.29 is 5.11 Å². The van der Waals surface area contributed by atoms with Crippen molar-refractivity contribution in [3.8, 4) is 11.3 Å². The molecular formula is C17H16N4O. The van der Waals surface area contributed by atoms with Crippen molar-refractivity contribution in [2.24, 2.45) is 5.92 Å². The number of imidazole rings is 2. The third-order valence-corrected chi connectivity index (χ3v) is 5.08. The van der Waals surface area contributed by atoms with Gasteiger partial charge in [-0.15, -0.1) is 0 Å². The van der Waals surface area contributed by atoms with Crippen LogP contribution in [0.25, 0.3) is 11.3 Å². The Morgan fingerprint density at radius 1 is 1.09 bits per heavy atom. The van der Waals surface area contributed by atoms with Crippen LogP contribution in [0.2, 0.25) is 0 Å². The van der Waals surface area contributed by atoms with E-state index in [1.165, 1.54) is 11.1 Å². The predicted molar refractivity (Wildman–Crippen MR) is 81.1 cm³/mol. The lowest BCUT2D eigenvalue weighted by molar-refractivity contribution is 0.0556. The van der Waals surface area contributed by atoms with Crippen LogP contribution in [0.1, 0.15) is 29.8 Å². The monoisotopic (exact) mass is 292 g/mol. The maximum atomic E-state index is 10.9.